The molecule has 0 rings (SSSR count). The molecule has 0 aliphatic heterocycles. The number of halogens is 7. The van der Waals surface area contributed by atoms with E-state index in [0.717, 1.165) is 6.92 Å². The summed E-state index contributed by atoms with van der Waals surface area (Å²) in [5.74, 6) is -4.68. The molecule has 4 nitrogen and oxygen atoms in total. The first kappa shape index (κ1) is 18.7. The van der Waals surface area contributed by atoms with Crippen LogP contribution in [0.3, 0.4) is 0 Å². The molecule has 3 N–H and O–H groups in total. The number of carbonyl (C=O) groups excluding carboxylic acids is 1. The maximum atomic E-state index is 12.6. The second kappa shape index (κ2) is 6.92. The highest BCUT2D eigenvalue weighted by Gasteiger charge is 2.47. The summed E-state index contributed by atoms with van der Waals surface area (Å²) in [6.07, 6.45) is -9.98. The van der Waals surface area contributed by atoms with Crippen molar-refractivity contribution in [3.05, 3.63) is 0 Å². The fourth-order valence-corrected chi connectivity index (χ4v) is 2.17. The molecule has 0 aromatic heterocycles. The monoisotopic (exact) mass is 408 g/mol. The predicted octanol–water partition coefficient (Wildman–Crippen LogP) is 1.93. The van der Waals surface area contributed by atoms with Crippen LogP contribution in [0.4, 0.5) is 26.3 Å². The van der Waals surface area contributed by atoms with Gasteiger partial charge in [-0.05, 0) is 6.92 Å². The van der Waals surface area contributed by atoms with Crippen molar-refractivity contribution < 1.29 is 36.0 Å². The average molecular weight is 408 g/mol. The van der Waals surface area contributed by atoms with Gasteiger partial charge in [-0.15, -0.1) is 5.48 Å². The molecule has 0 spiro atoms. The quantitative estimate of drug-likeness (QED) is 0.316. The van der Waals surface area contributed by atoms with Crippen LogP contribution in [-0.4, -0.2) is 34.8 Å². The van der Waals surface area contributed by atoms with E-state index in [1.165, 1.54) is 28.1 Å². The molecule has 0 heterocycles. The van der Waals surface area contributed by atoms with Gasteiger partial charge in [-0.3, -0.25) is 0 Å². The van der Waals surface area contributed by atoms with Gasteiger partial charge in [0.25, 0.3) is 0 Å². The van der Waals surface area contributed by atoms with E-state index >= 15 is 0 Å². The Morgan fingerprint density at radius 2 is 1.79 bits per heavy atom. The minimum absolute atomic E-state index is 0.454. The highest BCUT2D eigenvalue weighted by Crippen LogP contribution is 2.31. The van der Waals surface area contributed by atoms with Gasteiger partial charge in [0.05, 0.1) is 12.0 Å². The van der Waals surface area contributed by atoms with Crippen molar-refractivity contribution >= 4 is 28.6 Å². The van der Waals surface area contributed by atoms with Crippen molar-refractivity contribution in [3.63, 3.8) is 0 Å². The predicted molar refractivity (Wildman–Crippen MR) is 61.2 cm³/mol. The van der Waals surface area contributed by atoms with Crippen LogP contribution in [0.25, 0.3) is 0 Å². The first-order chi connectivity index (χ1) is 8.41. The molecule has 19 heavy (non-hydrogen) atoms. The third-order valence-electron chi connectivity index (χ3n) is 2.11. The lowest BCUT2D eigenvalue weighted by molar-refractivity contribution is -0.217. The van der Waals surface area contributed by atoms with E-state index in [1.807, 2.05) is 0 Å². The van der Waals surface area contributed by atoms with E-state index in [4.69, 9.17) is 5.73 Å². The van der Waals surface area contributed by atoms with Crippen molar-refractivity contribution in [2.24, 2.45) is 11.7 Å². The number of rotatable bonds is 5. The number of alkyl halides is 7. The highest BCUT2D eigenvalue weighted by molar-refractivity contribution is 14.1. The first-order valence-corrected chi connectivity index (χ1v) is 6.35. The second-order valence-electron chi connectivity index (χ2n) is 3.69. The van der Waals surface area contributed by atoms with E-state index < -0.39 is 40.8 Å². The topological polar surface area (TPSA) is 64.3 Å². The van der Waals surface area contributed by atoms with Gasteiger partial charge in [-0.1, -0.05) is 22.6 Å². The summed E-state index contributed by atoms with van der Waals surface area (Å²) in [6.45, 7) is 1.16. The molecular weight excluding hydrogens is 397 g/mol. The number of carbonyl (C=O) groups is 1. The molecule has 0 radical (unpaired) electrons. The van der Waals surface area contributed by atoms with E-state index in [-0.39, 0.29) is 0 Å². The molecular formula is C8H11F6IN2O2. The Morgan fingerprint density at radius 3 is 2.05 bits per heavy atom. The molecule has 0 saturated carbocycles. The molecule has 0 aromatic carbocycles. The lowest BCUT2D eigenvalue weighted by atomic mass is 9.96. The van der Waals surface area contributed by atoms with E-state index in [1.54, 1.807) is 0 Å². The number of hydroxylamine groups is 1. The summed E-state index contributed by atoms with van der Waals surface area (Å²) >= 11 is 1.42. The number of nitrogens with two attached hydrogens (primary N) is 1. The average Bonchev–Trinajstić information content (AvgIpc) is 2.19. The molecule has 11 heteroatoms. The van der Waals surface area contributed by atoms with Gasteiger partial charge in [0.2, 0.25) is 0 Å². The van der Waals surface area contributed by atoms with Crippen LogP contribution in [0.15, 0.2) is 0 Å². The molecule has 0 bridgehead atoms. The van der Waals surface area contributed by atoms with Gasteiger partial charge in [-0.2, -0.15) is 26.3 Å². The van der Waals surface area contributed by atoms with Gasteiger partial charge in [-0.25, -0.2) is 4.79 Å². The largest absolute Gasteiger partial charge is 0.492 e. The zero-order valence-electron chi connectivity index (χ0n) is 9.48. The number of hydrogen-bond donors (Lipinski definition) is 2. The van der Waals surface area contributed by atoms with E-state index in [2.05, 4.69) is 4.84 Å². The van der Waals surface area contributed by atoms with Crippen LogP contribution in [0, 0.1) is 5.92 Å². The minimum Gasteiger partial charge on any atom is -0.363 e. The molecule has 3 atom stereocenters. The Morgan fingerprint density at radius 1 is 1.32 bits per heavy atom. The molecule has 114 valence electrons. The smallest absolute Gasteiger partial charge is 0.363 e. The lowest BCUT2D eigenvalue weighted by Crippen LogP contribution is -2.54. The molecule has 0 saturated heterocycles. The summed E-state index contributed by atoms with van der Waals surface area (Å²) in [7, 11) is 0. The fraction of sp³-hybridized carbons (Fsp3) is 0.875. The summed E-state index contributed by atoms with van der Waals surface area (Å²) in [6, 6.07) is -2.86. The zero-order chi connectivity index (χ0) is 15.4. The second-order valence-corrected chi connectivity index (χ2v) is 4.57. The summed E-state index contributed by atoms with van der Waals surface area (Å²) in [5, 5.41) is 0. The third-order valence-corrected chi connectivity index (χ3v) is 3.05. The Balaban J connectivity index is 4.81. The van der Waals surface area contributed by atoms with Crippen LogP contribution >= 0.6 is 22.6 Å². The highest BCUT2D eigenvalue weighted by atomic mass is 127. The van der Waals surface area contributed by atoms with Crippen LogP contribution in [0.5, 0.6) is 0 Å². The van der Waals surface area contributed by atoms with Gasteiger partial charge in [0.15, 0.2) is 0 Å². The Hall–Kier alpha value is -0.300. The normalized spacial score (nSPS) is 17.7. The van der Waals surface area contributed by atoms with Crippen LogP contribution in [-0.2, 0) is 9.63 Å². The summed E-state index contributed by atoms with van der Waals surface area (Å²) < 4.78 is 73.0. The number of nitrogens with one attached hydrogen (secondary N) is 1. The summed E-state index contributed by atoms with van der Waals surface area (Å²) in [4.78, 5) is 14.0. The van der Waals surface area contributed by atoms with Gasteiger partial charge >= 0.3 is 18.3 Å². The Labute approximate surface area is 118 Å². The first-order valence-electron chi connectivity index (χ1n) is 4.83. The van der Waals surface area contributed by atoms with Crippen molar-refractivity contribution in [1.29, 1.82) is 0 Å². The van der Waals surface area contributed by atoms with Crippen molar-refractivity contribution in [2.45, 2.75) is 31.4 Å². The fourth-order valence-electron chi connectivity index (χ4n) is 1.12. The molecule has 2 unspecified atom stereocenters. The molecule has 0 amide bonds. The Kier molecular flexibility index (Phi) is 6.82. The Bertz CT molecular complexity index is 307. The SMILES string of the molecule is C[C@H](N)C(NOC(=O)C(F)(F)F)C(CI)C(F)(F)F. The van der Waals surface area contributed by atoms with E-state index in [0.29, 0.717) is 0 Å². The summed E-state index contributed by atoms with van der Waals surface area (Å²) in [5.41, 5.74) is 6.73. The van der Waals surface area contributed by atoms with Gasteiger partial charge in [0.1, 0.15) is 0 Å². The molecule has 0 aliphatic rings. The molecule has 0 aromatic rings. The van der Waals surface area contributed by atoms with Crippen molar-refractivity contribution in [1.82, 2.24) is 5.48 Å². The van der Waals surface area contributed by atoms with Gasteiger partial charge < -0.3 is 10.6 Å². The van der Waals surface area contributed by atoms with Crippen molar-refractivity contribution in [3.8, 4) is 0 Å². The minimum atomic E-state index is -5.30. The number of hydrogen-bond acceptors (Lipinski definition) is 4. The zero-order valence-corrected chi connectivity index (χ0v) is 11.6. The van der Waals surface area contributed by atoms with Crippen LogP contribution in [0.1, 0.15) is 6.92 Å². The van der Waals surface area contributed by atoms with Crippen molar-refractivity contribution in [2.75, 3.05) is 4.43 Å². The molecule has 0 aliphatic carbocycles. The molecule has 0 fully saturated rings. The maximum absolute atomic E-state index is 12.6. The van der Waals surface area contributed by atoms with Crippen LogP contribution in [0.2, 0.25) is 0 Å². The van der Waals surface area contributed by atoms with Gasteiger partial charge in [0, 0.05) is 10.5 Å². The maximum Gasteiger partial charge on any atom is 0.492 e. The standard InChI is InChI=1S/C8H11F6IN2O2/c1-3(16)5(4(2-15)7(9,10)11)17-19-6(18)8(12,13)14/h3-5,17H,2,16H2,1H3/t3-,4?,5?/m0/s1. The third kappa shape index (κ3) is 6.12. The lowest BCUT2D eigenvalue weighted by Gasteiger charge is -2.30. The van der Waals surface area contributed by atoms with E-state index in [9.17, 15) is 31.1 Å². The van der Waals surface area contributed by atoms with Crippen LogP contribution < -0.4 is 11.2 Å².